The molecule has 0 radical (unpaired) electrons. The lowest BCUT2D eigenvalue weighted by molar-refractivity contribution is -0.143. The van der Waals surface area contributed by atoms with Crippen molar-refractivity contribution >= 4 is 75.9 Å². The normalized spacial score (nSPS) is 20.3. The van der Waals surface area contributed by atoms with Crippen molar-refractivity contribution in [2.45, 2.75) is 146 Å². The number of benzene rings is 4. The average Bonchev–Trinajstić information content (AvgIpc) is 1.91. The zero-order chi connectivity index (χ0) is 68.6. The van der Waals surface area contributed by atoms with Crippen LogP contribution in [0.3, 0.4) is 0 Å². The Labute approximate surface area is 543 Å². The first-order chi connectivity index (χ1) is 44.8. The van der Waals surface area contributed by atoms with Gasteiger partial charge in [0.2, 0.25) is 59.1 Å². The van der Waals surface area contributed by atoms with E-state index in [1.54, 1.807) is 56.4 Å². The van der Waals surface area contributed by atoms with E-state index < -0.39 is 133 Å². The summed E-state index contributed by atoms with van der Waals surface area (Å²) in [6, 6.07) is 12.2. The quantitative estimate of drug-likeness (QED) is 0.0498. The number of rotatable bonds is 20. The molecule has 1 aromatic heterocycles. The van der Waals surface area contributed by atoms with E-state index in [9.17, 15) is 73.5 Å². The van der Waals surface area contributed by atoms with E-state index in [-0.39, 0.29) is 113 Å². The van der Waals surface area contributed by atoms with Crippen LogP contribution in [0.4, 0.5) is 0 Å². The Balaban J connectivity index is 1.38. The number of carboxylic acids is 1. The van der Waals surface area contributed by atoms with Gasteiger partial charge in [-0.3, -0.25) is 47.9 Å². The number of aliphatic hydroxyl groups is 1. The SMILES string of the molecule is CC(=O)N1CCCC[C@H](NC(=O)[C@@H](N)Cc2ccc(O)cc2)C(=O)N[C@@H](Cc2c[nH]c3ccccc23)C(=O)N[C@@H](CO)C(=O)N[C@@H](CCC(N)=O)C(=O)N[C@@H](Cc2ccc(O)cc2)C(=O)N[C@@H](CC(C)C)C(=O)N(CC(=O)N[C@@H](Cc2ccc(O)cc2)C(=O)O)CCCC1. The molecule has 0 bridgehead atoms. The lowest BCUT2D eigenvalue weighted by atomic mass is 10.00. The number of aromatic hydroxyl groups is 3. The average molecular weight is 1300 g/mol. The van der Waals surface area contributed by atoms with Crippen molar-refractivity contribution in [1.82, 2.24) is 52.0 Å². The summed E-state index contributed by atoms with van der Waals surface area (Å²) in [4.78, 5) is 160. The molecule has 28 nitrogen and oxygen atoms in total. The first kappa shape index (κ1) is 73.0. The highest BCUT2D eigenvalue weighted by molar-refractivity contribution is 5.98. The summed E-state index contributed by atoms with van der Waals surface area (Å²) in [5, 5.41) is 69.7. The third-order valence-corrected chi connectivity index (χ3v) is 15.9. The molecule has 6 rings (SSSR count). The summed E-state index contributed by atoms with van der Waals surface area (Å²) < 4.78 is 0. The first-order valence-electron chi connectivity index (χ1n) is 31.2. The fourth-order valence-electron chi connectivity index (χ4n) is 10.8. The first-order valence-corrected chi connectivity index (χ1v) is 31.2. The van der Waals surface area contributed by atoms with Gasteiger partial charge in [-0.05, 0) is 122 Å². The molecule has 506 valence electrons. The number of carboxylic acid groups (broad SMARTS) is 1. The largest absolute Gasteiger partial charge is 0.508 e. The van der Waals surface area contributed by atoms with Crippen molar-refractivity contribution in [1.29, 1.82) is 0 Å². The smallest absolute Gasteiger partial charge is 0.326 e. The van der Waals surface area contributed by atoms with Crippen molar-refractivity contribution in [2.24, 2.45) is 17.4 Å². The van der Waals surface area contributed by atoms with Crippen LogP contribution in [0.25, 0.3) is 10.9 Å². The van der Waals surface area contributed by atoms with E-state index in [1.807, 2.05) is 0 Å². The lowest BCUT2D eigenvalue weighted by Gasteiger charge is -2.31. The number of aromatic nitrogens is 1. The number of amides is 10. The number of carbonyl (C=O) groups excluding carboxylic acids is 10. The Morgan fingerprint density at radius 1 is 0.628 bits per heavy atom. The third kappa shape index (κ3) is 22.9. The Morgan fingerprint density at radius 2 is 1.14 bits per heavy atom. The fourth-order valence-corrected chi connectivity index (χ4v) is 10.8. The van der Waals surface area contributed by atoms with Crippen LogP contribution in [0, 0.1) is 5.92 Å². The number of phenols is 3. The topological polar surface area (TPSA) is 447 Å². The number of hydrogen-bond donors (Lipinski definition) is 15. The molecule has 28 heteroatoms. The second kappa shape index (κ2) is 35.7. The molecule has 5 aromatic rings. The van der Waals surface area contributed by atoms with Crippen molar-refractivity contribution in [3.63, 3.8) is 0 Å². The number of H-pyrrole nitrogens is 1. The number of nitrogens with one attached hydrogen (secondary N) is 8. The predicted molar refractivity (Wildman–Crippen MR) is 343 cm³/mol. The van der Waals surface area contributed by atoms with Gasteiger partial charge in [0.05, 0.1) is 19.2 Å². The maximum Gasteiger partial charge on any atom is 0.326 e. The summed E-state index contributed by atoms with van der Waals surface area (Å²) >= 11 is 0. The predicted octanol–water partition coefficient (Wildman–Crippen LogP) is 0.306. The molecule has 8 atom stereocenters. The zero-order valence-electron chi connectivity index (χ0n) is 52.8. The standard InChI is InChI=1S/C66H86N12O16/c1-38(2)30-54-65(92)78(36-58(85)70-55(66(93)94)33-42-17-23-46(83)24-18-42)29-9-8-28-77(39(3)80)27-7-6-12-50(71-59(86)48(67)31-40-13-19-44(81)20-14-40)60(87)74-53(34-43-35-69-49-11-5-4-10-47(43)49)63(90)76-56(37-79)64(91)72-51(25-26-57(68)84)61(88)73-52(62(89)75-54)32-41-15-21-45(82)22-16-41/h4-5,10-11,13-24,35,38,48,50-56,69,79,81-83H,6-9,12,25-34,36-37,67H2,1-3H3,(H2,68,84)(H,70,85)(H,71,86)(H,72,91)(H,73,88)(H,74,87)(H,75,89)(H,76,90)(H,93,94)/t48-,50-,51-,52-,53-,54-,55-,56-/m0/s1. The van der Waals surface area contributed by atoms with Crippen LogP contribution >= 0.6 is 0 Å². The molecular weight excluding hydrogens is 1220 g/mol. The number of carbonyl (C=O) groups is 11. The van der Waals surface area contributed by atoms with Crippen LogP contribution in [-0.4, -0.2) is 186 Å². The van der Waals surface area contributed by atoms with Crippen molar-refractivity contribution in [3.05, 3.63) is 126 Å². The molecule has 4 aromatic carbocycles. The molecule has 1 aliphatic heterocycles. The highest BCUT2D eigenvalue weighted by Crippen LogP contribution is 2.21. The minimum Gasteiger partial charge on any atom is -0.508 e. The molecule has 1 fully saturated rings. The highest BCUT2D eigenvalue weighted by atomic mass is 16.4. The summed E-state index contributed by atoms with van der Waals surface area (Å²) in [5.41, 5.74) is 14.6. The Bertz CT molecular complexity index is 3440. The molecule has 2 heterocycles. The number of phenolic OH excluding ortho intramolecular Hbond substituents is 3. The van der Waals surface area contributed by atoms with Gasteiger partial charge >= 0.3 is 5.97 Å². The number of aliphatic carboxylic acids is 1. The number of aliphatic hydroxyl groups excluding tert-OH is 1. The van der Waals surface area contributed by atoms with Crippen LogP contribution in [0.1, 0.15) is 94.4 Å². The van der Waals surface area contributed by atoms with Crippen LogP contribution in [-0.2, 0) is 78.4 Å². The summed E-state index contributed by atoms with van der Waals surface area (Å²) in [5.74, 6) is -10.6. The van der Waals surface area contributed by atoms with Gasteiger partial charge in [-0.2, -0.15) is 0 Å². The number of nitrogens with zero attached hydrogens (tertiary/aromatic N) is 2. The Hall–Kier alpha value is -10.1. The minimum absolute atomic E-state index is 0.00437. The summed E-state index contributed by atoms with van der Waals surface area (Å²) in [6.45, 7) is 3.20. The number of hydrogen-bond acceptors (Lipinski definition) is 16. The van der Waals surface area contributed by atoms with E-state index in [4.69, 9.17) is 11.5 Å². The second-order valence-electron chi connectivity index (χ2n) is 23.9. The maximum atomic E-state index is 15.0. The van der Waals surface area contributed by atoms with Crippen LogP contribution < -0.4 is 48.7 Å². The molecule has 1 aliphatic rings. The minimum atomic E-state index is -1.85. The van der Waals surface area contributed by atoms with Gasteiger partial charge in [0.1, 0.15) is 59.5 Å². The van der Waals surface area contributed by atoms with Gasteiger partial charge in [-0.25, -0.2) is 4.79 Å². The number of nitrogens with two attached hydrogens (primary N) is 2. The molecule has 1 saturated heterocycles. The summed E-state index contributed by atoms with van der Waals surface area (Å²) in [6.07, 6.45) is 0.684. The van der Waals surface area contributed by atoms with Crippen molar-refractivity contribution in [3.8, 4) is 17.2 Å². The molecule has 0 spiro atoms. The van der Waals surface area contributed by atoms with E-state index >= 15 is 4.79 Å². The Kier molecular flexibility index (Phi) is 27.7. The number of aromatic amines is 1. The van der Waals surface area contributed by atoms with Gasteiger partial charge in [0.15, 0.2) is 0 Å². The van der Waals surface area contributed by atoms with Gasteiger partial charge in [0, 0.05) is 69.3 Å². The lowest BCUT2D eigenvalue weighted by Crippen LogP contribution is -2.61. The molecule has 0 saturated carbocycles. The van der Waals surface area contributed by atoms with Gasteiger partial charge in [0.25, 0.3) is 0 Å². The number of primary amides is 1. The number of para-hydroxylation sites is 1. The van der Waals surface area contributed by atoms with Gasteiger partial charge < -0.3 is 89.0 Å². The third-order valence-electron chi connectivity index (χ3n) is 15.9. The van der Waals surface area contributed by atoms with Crippen molar-refractivity contribution < 1.29 is 78.3 Å². The van der Waals surface area contributed by atoms with Crippen LogP contribution in [0.2, 0.25) is 0 Å². The number of fused-ring (bicyclic) bond motifs is 1. The van der Waals surface area contributed by atoms with Gasteiger partial charge in [-0.15, -0.1) is 0 Å². The van der Waals surface area contributed by atoms with E-state index in [0.717, 1.165) is 4.90 Å². The monoisotopic (exact) mass is 1300 g/mol. The molecular formula is C66H86N12O16. The molecule has 17 N–H and O–H groups in total. The molecule has 0 unspecified atom stereocenters. The Morgan fingerprint density at radius 3 is 1.72 bits per heavy atom. The fraction of sp³-hybridized carbons (Fsp3) is 0.439. The van der Waals surface area contributed by atoms with Crippen LogP contribution in [0.5, 0.6) is 17.2 Å². The maximum absolute atomic E-state index is 15.0. The molecule has 94 heavy (non-hydrogen) atoms. The molecule has 10 amide bonds. The van der Waals surface area contributed by atoms with Gasteiger partial charge in [-0.1, -0.05) is 68.4 Å². The molecule has 0 aliphatic carbocycles. The van der Waals surface area contributed by atoms with E-state index in [1.165, 1.54) is 72.5 Å². The zero-order valence-corrected chi connectivity index (χ0v) is 52.8. The van der Waals surface area contributed by atoms with Crippen LogP contribution in [0.15, 0.2) is 103 Å². The van der Waals surface area contributed by atoms with E-state index in [2.05, 4.69) is 42.2 Å². The van der Waals surface area contributed by atoms with E-state index in [0.29, 0.717) is 33.2 Å². The summed E-state index contributed by atoms with van der Waals surface area (Å²) in [7, 11) is 0. The second-order valence-corrected chi connectivity index (χ2v) is 23.9. The van der Waals surface area contributed by atoms with Crippen molar-refractivity contribution in [2.75, 3.05) is 32.8 Å². The highest BCUT2D eigenvalue weighted by Gasteiger charge is 2.36.